The first kappa shape index (κ1) is 15.4. The first-order valence-corrected chi connectivity index (χ1v) is 7.80. The van der Waals surface area contributed by atoms with E-state index in [9.17, 15) is 9.90 Å². The van der Waals surface area contributed by atoms with Gasteiger partial charge in [-0.3, -0.25) is 9.78 Å². The molecule has 3 heterocycles. The van der Waals surface area contributed by atoms with Crippen LogP contribution in [0, 0.1) is 5.92 Å². The minimum absolute atomic E-state index is 0.197. The van der Waals surface area contributed by atoms with Gasteiger partial charge in [0.15, 0.2) is 5.82 Å². The Bertz CT molecular complexity index is 655. The molecule has 1 aliphatic heterocycles. The third-order valence-corrected chi connectivity index (χ3v) is 4.13. The number of anilines is 2. The van der Waals surface area contributed by atoms with Crippen molar-refractivity contribution < 1.29 is 9.90 Å². The quantitative estimate of drug-likeness (QED) is 0.902. The van der Waals surface area contributed by atoms with E-state index in [1.165, 1.54) is 6.20 Å². The van der Waals surface area contributed by atoms with E-state index in [2.05, 4.69) is 20.2 Å². The number of aliphatic hydroxyl groups excluding tert-OH is 1. The Morgan fingerprint density at radius 1 is 1.26 bits per heavy atom. The Labute approximate surface area is 135 Å². The van der Waals surface area contributed by atoms with Gasteiger partial charge in [-0.25, -0.2) is 4.98 Å². The molecule has 6 heteroatoms. The van der Waals surface area contributed by atoms with E-state index in [0.717, 1.165) is 31.7 Å². The van der Waals surface area contributed by atoms with Gasteiger partial charge in [0.25, 0.3) is 5.91 Å². The monoisotopic (exact) mass is 312 g/mol. The molecule has 23 heavy (non-hydrogen) atoms. The van der Waals surface area contributed by atoms with Gasteiger partial charge in [0.05, 0.1) is 11.3 Å². The first-order chi connectivity index (χ1) is 11.3. The Kier molecular flexibility index (Phi) is 4.83. The van der Waals surface area contributed by atoms with Crippen LogP contribution in [-0.4, -0.2) is 40.7 Å². The van der Waals surface area contributed by atoms with Crippen LogP contribution in [0.5, 0.6) is 0 Å². The van der Waals surface area contributed by atoms with Gasteiger partial charge in [-0.05, 0) is 43.0 Å². The fourth-order valence-corrected chi connectivity index (χ4v) is 2.77. The number of aliphatic hydroxyl groups is 1. The molecule has 0 bridgehead atoms. The minimum atomic E-state index is -0.197. The Morgan fingerprint density at radius 2 is 2.04 bits per heavy atom. The molecule has 0 unspecified atom stereocenters. The lowest BCUT2D eigenvalue weighted by atomic mass is 9.98. The number of piperidine rings is 1. The second-order valence-electron chi connectivity index (χ2n) is 5.68. The van der Waals surface area contributed by atoms with Crippen LogP contribution in [0.4, 0.5) is 11.5 Å². The zero-order chi connectivity index (χ0) is 16.1. The zero-order valence-corrected chi connectivity index (χ0v) is 12.9. The number of aromatic nitrogens is 2. The third-order valence-electron chi connectivity index (χ3n) is 4.13. The molecule has 1 aliphatic rings. The molecule has 2 aromatic heterocycles. The number of nitrogens with one attached hydrogen (secondary N) is 1. The molecule has 1 fully saturated rings. The van der Waals surface area contributed by atoms with Crippen molar-refractivity contribution in [3.05, 3.63) is 48.4 Å². The van der Waals surface area contributed by atoms with Crippen LogP contribution in [0.2, 0.25) is 0 Å². The average molecular weight is 312 g/mol. The molecule has 0 spiro atoms. The van der Waals surface area contributed by atoms with E-state index in [0.29, 0.717) is 17.2 Å². The molecule has 0 atom stereocenters. The van der Waals surface area contributed by atoms with Crippen LogP contribution < -0.4 is 10.2 Å². The third kappa shape index (κ3) is 3.65. The van der Waals surface area contributed by atoms with Crippen molar-refractivity contribution in [2.45, 2.75) is 12.8 Å². The van der Waals surface area contributed by atoms with Gasteiger partial charge in [0, 0.05) is 38.3 Å². The van der Waals surface area contributed by atoms with Crippen LogP contribution in [0.25, 0.3) is 0 Å². The number of pyridine rings is 2. The maximum Gasteiger partial charge on any atom is 0.257 e. The summed E-state index contributed by atoms with van der Waals surface area (Å²) in [6.45, 7) is 1.90. The topological polar surface area (TPSA) is 78.4 Å². The molecule has 2 N–H and O–H groups in total. The van der Waals surface area contributed by atoms with E-state index in [-0.39, 0.29) is 12.5 Å². The summed E-state index contributed by atoms with van der Waals surface area (Å²) in [6, 6.07) is 7.13. The summed E-state index contributed by atoms with van der Waals surface area (Å²) in [5.41, 5.74) is 1.21. The van der Waals surface area contributed by atoms with Gasteiger partial charge in [-0.1, -0.05) is 0 Å². The standard InChI is InChI=1S/C17H20N4O2/c22-12-13-5-9-21(10-6-13)16-15(4-2-8-19-16)20-17(23)14-3-1-7-18-11-14/h1-4,7-8,11,13,22H,5-6,9-10,12H2,(H,20,23). The lowest BCUT2D eigenvalue weighted by Crippen LogP contribution is -2.35. The van der Waals surface area contributed by atoms with Crippen LogP contribution >= 0.6 is 0 Å². The molecule has 0 saturated carbocycles. The van der Waals surface area contributed by atoms with Gasteiger partial charge in [0.1, 0.15) is 0 Å². The molecule has 1 amide bonds. The summed E-state index contributed by atoms with van der Waals surface area (Å²) in [4.78, 5) is 22.9. The van der Waals surface area contributed by atoms with Crippen molar-refractivity contribution in [1.29, 1.82) is 0 Å². The molecule has 0 aliphatic carbocycles. The highest BCUT2D eigenvalue weighted by molar-refractivity contribution is 6.05. The Morgan fingerprint density at radius 3 is 2.74 bits per heavy atom. The van der Waals surface area contributed by atoms with Crippen molar-refractivity contribution in [3.63, 3.8) is 0 Å². The maximum atomic E-state index is 12.3. The summed E-state index contributed by atoms with van der Waals surface area (Å²) >= 11 is 0. The molecule has 1 saturated heterocycles. The van der Waals surface area contributed by atoms with E-state index in [1.807, 2.05) is 12.1 Å². The predicted molar refractivity (Wildman–Crippen MR) is 88.5 cm³/mol. The summed E-state index contributed by atoms with van der Waals surface area (Å²) in [5, 5.41) is 12.2. The number of hydrogen-bond acceptors (Lipinski definition) is 5. The van der Waals surface area contributed by atoms with Crippen LogP contribution in [0.1, 0.15) is 23.2 Å². The van der Waals surface area contributed by atoms with Gasteiger partial charge < -0.3 is 15.3 Å². The van der Waals surface area contributed by atoms with Crippen molar-refractivity contribution >= 4 is 17.4 Å². The number of rotatable bonds is 4. The van der Waals surface area contributed by atoms with Crippen LogP contribution in [0.3, 0.4) is 0 Å². The minimum Gasteiger partial charge on any atom is -0.396 e. The molecular weight excluding hydrogens is 292 g/mol. The maximum absolute atomic E-state index is 12.3. The number of carbonyl (C=O) groups excluding carboxylic acids is 1. The van der Waals surface area contributed by atoms with Crippen molar-refractivity contribution in [3.8, 4) is 0 Å². The summed E-state index contributed by atoms with van der Waals surface area (Å²) < 4.78 is 0. The first-order valence-electron chi connectivity index (χ1n) is 7.80. The summed E-state index contributed by atoms with van der Waals surface area (Å²) in [7, 11) is 0. The second kappa shape index (κ2) is 7.19. The van der Waals surface area contributed by atoms with Crippen molar-refractivity contribution in [2.75, 3.05) is 29.9 Å². The number of nitrogens with zero attached hydrogens (tertiary/aromatic N) is 3. The van der Waals surface area contributed by atoms with E-state index >= 15 is 0 Å². The molecule has 0 radical (unpaired) electrons. The molecule has 6 nitrogen and oxygen atoms in total. The number of carbonyl (C=O) groups is 1. The van der Waals surface area contributed by atoms with Crippen molar-refractivity contribution in [2.24, 2.45) is 5.92 Å². The summed E-state index contributed by atoms with van der Waals surface area (Å²) in [5.74, 6) is 0.946. The molecule has 120 valence electrons. The lowest BCUT2D eigenvalue weighted by molar-refractivity contribution is 0.102. The van der Waals surface area contributed by atoms with Gasteiger partial charge in [0.2, 0.25) is 0 Å². The second-order valence-corrected chi connectivity index (χ2v) is 5.68. The number of hydrogen-bond donors (Lipinski definition) is 2. The highest BCUT2D eigenvalue weighted by Crippen LogP contribution is 2.27. The normalized spacial score (nSPS) is 15.4. The zero-order valence-electron chi connectivity index (χ0n) is 12.9. The van der Waals surface area contributed by atoms with E-state index in [1.54, 1.807) is 24.5 Å². The fourth-order valence-electron chi connectivity index (χ4n) is 2.77. The largest absolute Gasteiger partial charge is 0.396 e. The highest BCUT2D eigenvalue weighted by atomic mass is 16.3. The van der Waals surface area contributed by atoms with Gasteiger partial charge in [-0.2, -0.15) is 0 Å². The molecule has 0 aromatic carbocycles. The lowest BCUT2D eigenvalue weighted by Gasteiger charge is -2.33. The predicted octanol–water partition coefficient (Wildman–Crippen LogP) is 1.94. The van der Waals surface area contributed by atoms with Gasteiger partial charge >= 0.3 is 0 Å². The molecular formula is C17H20N4O2. The smallest absolute Gasteiger partial charge is 0.257 e. The van der Waals surface area contributed by atoms with Crippen LogP contribution in [-0.2, 0) is 0 Å². The average Bonchev–Trinajstić information content (AvgIpc) is 2.63. The van der Waals surface area contributed by atoms with Crippen LogP contribution in [0.15, 0.2) is 42.9 Å². The highest BCUT2D eigenvalue weighted by Gasteiger charge is 2.22. The van der Waals surface area contributed by atoms with E-state index < -0.39 is 0 Å². The fraction of sp³-hybridized carbons (Fsp3) is 0.353. The summed E-state index contributed by atoms with van der Waals surface area (Å²) in [6.07, 6.45) is 6.77. The van der Waals surface area contributed by atoms with Gasteiger partial charge in [-0.15, -0.1) is 0 Å². The van der Waals surface area contributed by atoms with E-state index in [4.69, 9.17) is 0 Å². The van der Waals surface area contributed by atoms with Crippen molar-refractivity contribution in [1.82, 2.24) is 9.97 Å². The SMILES string of the molecule is O=C(Nc1cccnc1N1CCC(CO)CC1)c1cccnc1. The Hall–Kier alpha value is -2.47. The molecule has 3 rings (SSSR count). The number of amides is 1. The Balaban J connectivity index is 1.75. The molecule has 2 aromatic rings.